The Bertz CT molecular complexity index is 1000. The van der Waals surface area contributed by atoms with Crippen molar-refractivity contribution in [2.45, 2.75) is 31.7 Å². The van der Waals surface area contributed by atoms with Gasteiger partial charge in [0, 0.05) is 23.9 Å². The Morgan fingerprint density at radius 3 is 2.62 bits per heavy atom. The third-order valence-electron chi connectivity index (χ3n) is 5.44. The summed E-state index contributed by atoms with van der Waals surface area (Å²) in [5.41, 5.74) is 2.37. The molecule has 4 heterocycles. The largest absolute Gasteiger partial charge is 0.353 e. The lowest BCUT2D eigenvalue weighted by Crippen LogP contribution is -2.36. The van der Waals surface area contributed by atoms with Gasteiger partial charge in [-0.05, 0) is 49.6 Å². The molecule has 29 heavy (non-hydrogen) atoms. The quantitative estimate of drug-likeness (QED) is 0.674. The van der Waals surface area contributed by atoms with Crippen LogP contribution in [0.5, 0.6) is 0 Å². The summed E-state index contributed by atoms with van der Waals surface area (Å²) in [7, 11) is 0. The fraction of sp³-hybridized carbons (Fsp3) is 0.318. The van der Waals surface area contributed by atoms with Crippen LogP contribution >= 0.6 is 0 Å². The summed E-state index contributed by atoms with van der Waals surface area (Å²) < 4.78 is 12.0. The minimum Gasteiger partial charge on any atom is -0.353 e. The molecule has 3 aromatic rings. The van der Waals surface area contributed by atoms with E-state index in [0.29, 0.717) is 17.7 Å². The van der Waals surface area contributed by atoms with E-state index >= 15 is 0 Å². The number of carbonyl (C=O) groups excluding carboxylic acids is 2. The average molecular weight is 391 g/mol. The maximum absolute atomic E-state index is 12.8. The molecule has 0 spiro atoms. The van der Waals surface area contributed by atoms with Crippen molar-refractivity contribution in [3.8, 4) is 0 Å². The molecule has 2 atom stereocenters. The number of rotatable bonds is 5. The van der Waals surface area contributed by atoms with Crippen molar-refractivity contribution >= 4 is 22.8 Å². The molecule has 2 unspecified atom stereocenters. The van der Waals surface area contributed by atoms with E-state index in [-0.39, 0.29) is 24.6 Å². The van der Waals surface area contributed by atoms with Crippen LogP contribution in [0.2, 0.25) is 0 Å². The summed E-state index contributed by atoms with van der Waals surface area (Å²) in [5.74, 6) is -0.587. The summed E-state index contributed by atoms with van der Waals surface area (Å²) in [6.07, 6.45) is 3.65. The van der Waals surface area contributed by atoms with Crippen LogP contribution in [0, 0.1) is 0 Å². The minimum absolute atomic E-state index is 0.110. The molecule has 2 aliphatic rings. The number of ether oxygens (including phenoxy) is 2. The lowest BCUT2D eigenvalue weighted by Gasteiger charge is -2.29. The topological polar surface area (TPSA) is 84.5 Å². The summed E-state index contributed by atoms with van der Waals surface area (Å²) in [5, 5.41) is 0.947. The van der Waals surface area contributed by atoms with E-state index in [2.05, 4.69) is 9.97 Å². The first-order chi connectivity index (χ1) is 14.2. The lowest BCUT2D eigenvalue weighted by atomic mass is 10.1. The van der Waals surface area contributed by atoms with E-state index in [9.17, 15) is 9.59 Å². The maximum atomic E-state index is 12.8. The van der Waals surface area contributed by atoms with Crippen LogP contribution in [0.25, 0.3) is 11.0 Å². The number of H-pyrrole nitrogens is 1. The van der Waals surface area contributed by atoms with Crippen LogP contribution < -0.4 is 0 Å². The molecule has 7 heteroatoms. The van der Waals surface area contributed by atoms with Crippen LogP contribution in [0.4, 0.5) is 0 Å². The molecule has 0 saturated carbocycles. The number of hydrogen-bond acceptors (Lipinski definition) is 5. The Balaban J connectivity index is 1.45. The van der Waals surface area contributed by atoms with Gasteiger partial charge in [-0.25, -0.2) is 4.98 Å². The Morgan fingerprint density at radius 2 is 1.93 bits per heavy atom. The Hall–Kier alpha value is -3.03. The highest BCUT2D eigenvalue weighted by Crippen LogP contribution is 2.30. The molecule has 1 N–H and O–H groups in total. The second kappa shape index (κ2) is 7.42. The van der Waals surface area contributed by atoms with Gasteiger partial charge in [0.1, 0.15) is 11.8 Å². The number of aromatic nitrogens is 2. The van der Waals surface area contributed by atoms with Gasteiger partial charge in [-0.2, -0.15) is 0 Å². The third kappa shape index (κ3) is 3.32. The molecule has 0 aliphatic carbocycles. The van der Waals surface area contributed by atoms with Crippen molar-refractivity contribution in [3.63, 3.8) is 0 Å². The van der Waals surface area contributed by atoms with Gasteiger partial charge < -0.3 is 14.5 Å². The number of amides is 2. The average Bonchev–Trinajstić information content (AvgIpc) is 3.29. The summed E-state index contributed by atoms with van der Waals surface area (Å²) in [4.78, 5) is 34.5. The van der Waals surface area contributed by atoms with Gasteiger partial charge in [0.25, 0.3) is 11.8 Å². The number of nitrogens with one attached hydrogen (secondary N) is 1. The predicted molar refractivity (Wildman–Crippen MR) is 105 cm³/mol. The monoisotopic (exact) mass is 391 g/mol. The molecule has 2 aromatic heterocycles. The van der Waals surface area contributed by atoms with Gasteiger partial charge >= 0.3 is 0 Å². The molecule has 1 saturated heterocycles. The van der Waals surface area contributed by atoms with Gasteiger partial charge in [-0.15, -0.1) is 0 Å². The maximum Gasteiger partial charge on any atom is 0.261 e. The Morgan fingerprint density at radius 1 is 1.14 bits per heavy atom. The molecule has 0 radical (unpaired) electrons. The number of carbonyl (C=O) groups is 2. The SMILES string of the molecule is O=C1c2ccccc2C(=O)N1CC(OC1CCCCO1)c1cc2cccnc2[nH]1. The van der Waals surface area contributed by atoms with E-state index in [1.165, 1.54) is 4.90 Å². The standard InChI is InChI=1S/C22H21N3O4/c26-21-15-7-1-2-8-16(15)22(27)25(21)13-18(29-19-9-3-4-11-28-19)17-12-14-6-5-10-23-20(14)24-17/h1-2,5-8,10,12,18-19H,3-4,9,11,13H2,(H,23,24). The van der Waals surface area contributed by atoms with E-state index in [1.807, 2.05) is 18.2 Å². The number of nitrogens with zero attached hydrogens (tertiary/aromatic N) is 2. The van der Waals surface area contributed by atoms with Crippen molar-refractivity contribution in [2.75, 3.05) is 13.2 Å². The first-order valence-corrected chi connectivity index (χ1v) is 9.86. The third-order valence-corrected chi connectivity index (χ3v) is 5.44. The van der Waals surface area contributed by atoms with Crippen molar-refractivity contribution in [1.29, 1.82) is 0 Å². The van der Waals surface area contributed by atoms with Crippen molar-refractivity contribution in [3.05, 3.63) is 65.5 Å². The number of imide groups is 1. The summed E-state index contributed by atoms with van der Waals surface area (Å²) in [6, 6.07) is 12.7. The molecular formula is C22H21N3O4. The first kappa shape index (κ1) is 18.0. The number of benzene rings is 1. The number of fused-ring (bicyclic) bond motifs is 2. The van der Waals surface area contributed by atoms with Crippen LogP contribution in [0.1, 0.15) is 51.8 Å². The van der Waals surface area contributed by atoms with Crippen molar-refractivity contribution in [1.82, 2.24) is 14.9 Å². The zero-order valence-electron chi connectivity index (χ0n) is 15.8. The molecule has 148 valence electrons. The molecule has 7 nitrogen and oxygen atoms in total. The van der Waals surface area contributed by atoms with Crippen LogP contribution in [0.15, 0.2) is 48.7 Å². The second-order valence-corrected chi connectivity index (χ2v) is 7.35. The smallest absolute Gasteiger partial charge is 0.261 e. The van der Waals surface area contributed by atoms with Crippen molar-refractivity contribution < 1.29 is 19.1 Å². The Kier molecular flexibility index (Phi) is 4.61. The molecule has 2 amide bonds. The highest BCUT2D eigenvalue weighted by atomic mass is 16.7. The van der Waals surface area contributed by atoms with E-state index in [4.69, 9.17) is 9.47 Å². The highest BCUT2D eigenvalue weighted by molar-refractivity contribution is 6.21. The predicted octanol–water partition coefficient (Wildman–Crippen LogP) is 3.44. The number of pyridine rings is 1. The zero-order chi connectivity index (χ0) is 19.8. The van der Waals surface area contributed by atoms with Gasteiger partial charge in [0.2, 0.25) is 0 Å². The molecule has 1 aromatic carbocycles. The first-order valence-electron chi connectivity index (χ1n) is 9.86. The molecule has 2 aliphatic heterocycles. The van der Waals surface area contributed by atoms with Gasteiger partial charge in [-0.1, -0.05) is 12.1 Å². The molecule has 1 fully saturated rings. The van der Waals surface area contributed by atoms with E-state index < -0.39 is 6.10 Å². The van der Waals surface area contributed by atoms with Crippen LogP contribution in [-0.2, 0) is 9.47 Å². The van der Waals surface area contributed by atoms with Gasteiger partial charge in [-0.3, -0.25) is 14.5 Å². The van der Waals surface area contributed by atoms with E-state index in [1.54, 1.807) is 30.5 Å². The van der Waals surface area contributed by atoms with Gasteiger partial charge in [0.05, 0.1) is 17.7 Å². The fourth-order valence-corrected chi connectivity index (χ4v) is 3.94. The molecule has 5 rings (SSSR count). The highest BCUT2D eigenvalue weighted by Gasteiger charge is 2.38. The molecule has 0 bridgehead atoms. The number of aromatic amines is 1. The fourth-order valence-electron chi connectivity index (χ4n) is 3.94. The van der Waals surface area contributed by atoms with E-state index in [0.717, 1.165) is 36.0 Å². The van der Waals surface area contributed by atoms with Gasteiger partial charge in [0.15, 0.2) is 6.29 Å². The summed E-state index contributed by atoms with van der Waals surface area (Å²) >= 11 is 0. The zero-order valence-corrected chi connectivity index (χ0v) is 15.8. The van der Waals surface area contributed by atoms with Crippen LogP contribution in [0.3, 0.4) is 0 Å². The Labute approximate surface area is 167 Å². The molecular weight excluding hydrogens is 370 g/mol. The lowest BCUT2D eigenvalue weighted by molar-refractivity contribution is -0.191. The number of hydrogen-bond donors (Lipinski definition) is 1. The second-order valence-electron chi connectivity index (χ2n) is 7.35. The minimum atomic E-state index is -0.533. The summed E-state index contributed by atoms with van der Waals surface area (Å²) in [6.45, 7) is 0.762. The van der Waals surface area contributed by atoms with Crippen molar-refractivity contribution in [2.24, 2.45) is 0 Å². The van der Waals surface area contributed by atoms with Crippen LogP contribution in [-0.4, -0.2) is 46.1 Å². The normalized spacial score (nSPS) is 20.3.